The van der Waals surface area contributed by atoms with E-state index in [0.29, 0.717) is 12.0 Å². The molecule has 0 heterocycles. The van der Waals surface area contributed by atoms with Crippen molar-refractivity contribution in [1.29, 1.82) is 5.26 Å². The maximum Gasteiger partial charge on any atom is 0.280 e. The van der Waals surface area contributed by atoms with E-state index in [-0.39, 0.29) is 22.0 Å². The van der Waals surface area contributed by atoms with Crippen molar-refractivity contribution < 1.29 is 4.92 Å². The number of allylic oxidation sites excluding steroid dienone is 1. The summed E-state index contributed by atoms with van der Waals surface area (Å²) in [4.78, 5) is 10.3. The topological polar surface area (TPSA) is 93.0 Å². The molecule has 0 bridgehead atoms. The average Bonchev–Trinajstić information content (AvgIpc) is 2.30. The SMILES string of the molecule is CC/C(C#N)=C(/N)c1ccc(Cl)cc1[N+](=O)[O-]. The van der Waals surface area contributed by atoms with Gasteiger partial charge >= 0.3 is 0 Å². The van der Waals surface area contributed by atoms with Crippen LogP contribution in [0.4, 0.5) is 5.69 Å². The van der Waals surface area contributed by atoms with E-state index in [2.05, 4.69) is 0 Å². The zero-order chi connectivity index (χ0) is 13.0. The van der Waals surface area contributed by atoms with Crippen LogP contribution < -0.4 is 5.73 Å². The predicted molar refractivity (Wildman–Crippen MR) is 65.1 cm³/mol. The Balaban J connectivity index is 3.47. The number of nitro groups is 1. The smallest absolute Gasteiger partial charge is 0.280 e. The molecular formula is C11H10ClN3O2. The summed E-state index contributed by atoms with van der Waals surface area (Å²) in [6.07, 6.45) is 0.419. The Morgan fingerprint density at radius 2 is 2.29 bits per heavy atom. The van der Waals surface area contributed by atoms with Crippen molar-refractivity contribution >= 4 is 23.0 Å². The van der Waals surface area contributed by atoms with Gasteiger partial charge in [0.1, 0.15) is 0 Å². The molecule has 2 N–H and O–H groups in total. The Morgan fingerprint density at radius 1 is 1.65 bits per heavy atom. The summed E-state index contributed by atoms with van der Waals surface area (Å²) in [5.41, 5.74) is 6.22. The van der Waals surface area contributed by atoms with Crippen molar-refractivity contribution in [3.8, 4) is 6.07 Å². The summed E-state index contributed by atoms with van der Waals surface area (Å²) in [7, 11) is 0. The van der Waals surface area contributed by atoms with Gasteiger partial charge in [-0.1, -0.05) is 18.5 Å². The summed E-state index contributed by atoms with van der Waals surface area (Å²) in [5.74, 6) is 0. The van der Waals surface area contributed by atoms with Crippen molar-refractivity contribution in [2.24, 2.45) is 5.73 Å². The van der Waals surface area contributed by atoms with Gasteiger partial charge in [0.25, 0.3) is 5.69 Å². The van der Waals surface area contributed by atoms with Gasteiger partial charge in [0.2, 0.25) is 0 Å². The largest absolute Gasteiger partial charge is 0.397 e. The standard InChI is InChI=1S/C11H10ClN3O2/c1-2-7(6-13)11(14)9-4-3-8(12)5-10(9)15(16)17/h3-5H,2,14H2,1H3/b11-7-. The number of hydrogen-bond donors (Lipinski definition) is 1. The van der Waals surface area contributed by atoms with Crippen LogP contribution in [0.3, 0.4) is 0 Å². The number of rotatable bonds is 3. The molecule has 0 atom stereocenters. The molecule has 0 spiro atoms. The zero-order valence-electron chi connectivity index (χ0n) is 9.11. The van der Waals surface area contributed by atoms with Crippen molar-refractivity contribution in [1.82, 2.24) is 0 Å². The van der Waals surface area contributed by atoms with Crippen LogP contribution in [0.2, 0.25) is 5.02 Å². The first-order chi connectivity index (χ1) is 8.01. The molecule has 0 aliphatic rings. The molecule has 0 saturated heterocycles. The molecule has 17 heavy (non-hydrogen) atoms. The van der Waals surface area contributed by atoms with E-state index in [9.17, 15) is 10.1 Å². The van der Waals surface area contributed by atoms with Gasteiger partial charge in [-0.2, -0.15) is 5.26 Å². The highest BCUT2D eigenvalue weighted by atomic mass is 35.5. The third kappa shape index (κ3) is 2.74. The number of halogens is 1. The van der Waals surface area contributed by atoms with E-state index in [4.69, 9.17) is 22.6 Å². The number of nitrogens with zero attached hydrogens (tertiary/aromatic N) is 2. The van der Waals surface area contributed by atoms with Crippen molar-refractivity contribution in [3.05, 3.63) is 44.5 Å². The molecule has 0 amide bonds. The molecule has 1 aromatic carbocycles. The van der Waals surface area contributed by atoms with Crippen LogP contribution in [-0.4, -0.2) is 4.92 Å². The van der Waals surface area contributed by atoms with Gasteiger partial charge in [-0.3, -0.25) is 10.1 Å². The van der Waals surface area contributed by atoms with E-state index in [0.717, 1.165) is 0 Å². The Kier molecular flexibility index (Phi) is 4.07. The van der Waals surface area contributed by atoms with Gasteiger partial charge in [-0.15, -0.1) is 0 Å². The fourth-order valence-corrected chi connectivity index (χ4v) is 1.54. The first-order valence-electron chi connectivity index (χ1n) is 4.84. The highest BCUT2D eigenvalue weighted by Crippen LogP contribution is 2.28. The summed E-state index contributed by atoms with van der Waals surface area (Å²) in [6.45, 7) is 1.76. The lowest BCUT2D eigenvalue weighted by atomic mass is 10.0. The molecule has 0 fully saturated rings. The second-order valence-electron chi connectivity index (χ2n) is 3.28. The minimum Gasteiger partial charge on any atom is -0.397 e. The van der Waals surface area contributed by atoms with E-state index in [1.54, 1.807) is 6.92 Å². The quantitative estimate of drug-likeness (QED) is 0.508. The van der Waals surface area contributed by atoms with E-state index in [1.807, 2.05) is 6.07 Å². The lowest BCUT2D eigenvalue weighted by Crippen LogP contribution is -2.04. The van der Waals surface area contributed by atoms with E-state index < -0.39 is 4.92 Å². The second-order valence-corrected chi connectivity index (χ2v) is 3.71. The Bertz CT molecular complexity index is 532. The number of nitro benzene ring substituents is 1. The average molecular weight is 252 g/mol. The van der Waals surface area contributed by atoms with Crippen LogP contribution in [-0.2, 0) is 0 Å². The van der Waals surface area contributed by atoms with Crippen molar-refractivity contribution in [3.63, 3.8) is 0 Å². The third-order valence-corrected chi connectivity index (χ3v) is 2.50. The lowest BCUT2D eigenvalue weighted by Gasteiger charge is -2.05. The Morgan fingerprint density at radius 3 is 2.76 bits per heavy atom. The van der Waals surface area contributed by atoms with Crippen LogP contribution in [0.15, 0.2) is 23.8 Å². The van der Waals surface area contributed by atoms with Gasteiger partial charge in [0.15, 0.2) is 0 Å². The monoisotopic (exact) mass is 251 g/mol. The van der Waals surface area contributed by atoms with Crippen LogP contribution in [0, 0.1) is 21.4 Å². The molecule has 0 aliphatic carbocycles. The van der Waals surface area contributed by atoms with Crippen molar-refractivity contribution in [2.75, 3.05) is 0 Å². The summed E-state index contributed by atoms with van der Waals surface area (Å²) >= 11 is 5.69. The van der Waals surface area contributed by atoms with Crippen molar-refractivity contribution in [2.45, 2.75) is 13.3 Å². The molecule has 0 saturated carbocycles. The van der Waals surface area contributed by atoms with Gasteiger partial charge in [0.05, 0.1) is 27.8 Å². The molecule has 0 aromatic heterocycles. The molecular weight excluding hydrogens is 242 g/mol. The molecule has 1 aromatic rings. The third-order valence-electron chi connectivity index (χ3n) is 2.26. The van der Waals surface area contributed by atoms with Crippen LogP contribution in [0.5, 0.6) is 0 Å². The molecule has 88 valence electrons. The molecule has 0 unspecified atom stereocenters. The Hall–Kier alpha value is -2.06. The molecule has 6 heteroatoms. The highest BCUT2D eigenvalue weighted by Gasteiger charge is 2.18. The Labute approximate surface area is 103 Å². The minimum atomic E-state index is -0.571. The molecule has 1 rings (SSSR count). The van der Waals surface area contributed by atoms with E-state index >= 15 is 0 Å². The molecule has 0 radical (unpaired) electrons. The number of nitriles is 1. The maximum absolute atomic E-state index is 10.9. The summed E-state index contributed by atoms with van der Waals surface area (Å²) < 4.78 is 0. The normalized spacial score (nSPS) is 11.6. The fourth-order valence-electron chi connectivity index (χ4n) is 1.38. The first kappa shape index (κ1) is 13.0. The van der Waals surface area contributed by atoms with Crippen LogP contribution >= 0.6 is 11.6 Å². The fraction of sp³-hybridized carbons (Fsp3) is 0.182. The zero-order valence-corrected chi connectivity index (χ0v) is 9.86. The van der Waals surface area contributed by atoms with Gasteiger partial charge < -0.3 is 5.73 Å². The van der Waals surface area contributed by atoms with Crippen LogP contribution in [0.25, 0.3) is 5.70 Å². The minimum absolute atomic E-state index is 0.123. The second kappa shape index (κ2) is 5.32. The first-order valence-corrected chi connectivity index (χ1v) is 5.22. The number of benzene rings is 1. The molecule has 5 nitrogen and oxygen atoms in total. The highest BCUT2D eigenvalue weighted by molar-refractivity contribution is 6.30. The summed E-state index contributed by atoms with van der Waals surface area (Å²) in [6, 6.07) is 6.10. The summed E-state index contributed by atoms with van der Waals surface area (Å²) in [5, 5.41) is 20.0. The number of hydrogen-bond acceptors (Lipinski definition) is 4. The predicted octanol–water partition coefficient (Wildman–Crippen LogP) is 2.85. The van der Waals surface area contributed by atoms with Gasteiger partial charge in [-0.25, -0.2) is 0 Å². The van der Waals surface area contributed by atoms with E-state index in [1.165, 1.54) is 18.2 Å². The lowest BCUT2D eigenvalue weighted by molar-refractivity contribution is -0.385. The molecule has 0 aliphatic heterocycles. The maximum atomic E-state index is 10.9. The van der Waals surface area contributed by atoms with Gasteiger partial charge in [-0.05, 0) is 18.6 Å². The van der Waals surface area contributed by atoms with Gasteiger partial charge in [0, 0.05) is 11.1 Å². The number of nitrogens with two attached hydrogens (primary N) is 1. The van der Waals surface area contributed by atoms with Crippen LogP contribution in [0.1, 0.15) is 18.9 Å².